The van der Waals surface area contributed by atoms with E-state index in [-0.39, 0.29) is 11.4 Å². The van der Waals surface area contributed by atoms with Gasteiger partial charge in [-0.2, -0.15) is 10.2 Å². The lowest BCUT2D eigenvalue weighted by atomic mass is 9.89. The van der Waals surface area contributed by atoms with E-state index in [0.29, 0.717) is 4.73 Å². The molecule has 1 heterocycles. The van der Waals surface area contributed by atoms with Gasteiger partial charge in [0.1, 0.15) is 0 Å². The van der Waals surface area contributed by atoms with E-state index in [9.17, 15) is 0 Å². The molecule has 0 aliphatic rings. The summed E-state index contributed by atoms with van der Waals surface area (Å²) in [7, 11) is 0. The largest absolute Gasteiger partial charge is 0.366 e. The molecule has 0 spiro atoms. The van der Waals surface area contributed by atoms with Crippen LogP contribution in [0.2, 0.25) is 0 Å². The summed E-state index contributed by atoms with van der Waals surface area (Å²) in [6.45, 7) is 4.68. The Kier molecular flexibility index (Phi) is 4.30. The van der Waals surface area contributed by atoms with Gasteiger partial charge >= 0.3 is 0 Å². The summed E-state index contributed by atoms with van der Waals surface area (Å²) in [6, 6.07) is 2.29. The molecule has 0 fully saturated rings. The second kappa shape index (κ2) is 5.30. The van der Waals surface area contributed by atoms with Crippen molar-refractivity contribution in [3.05, 3.63) is 4.73 Å². The Bertz CT molecular complexity index is 390. The van der Waals surface area contributed by atoms with Crippen LogP contribution in [0.3, 0.4) is 0 Å². The first kappa shape index (κ1) is 13.0. The monoisotopic (exact) mass is 285 g/mol. The summed E-state index contributed by atoms with van der Waals surface area (Å²) in [4.78, 5) is 3.95. The van der Waals surface area contributed by atoms with E-state index >= 15 is 0 Å². The molecule has 5 nitrogen and oxygen atoms in total. The number of unbranched alkanes of at least 4 members (excludes halogenated alkanes) is 1. The molecule has 0 bridgehead atoms. The summed E-state index contributed by atoms with van der Waals surface area (Å²) < 4.78 is 2.39. The SMILES string of the molecule is CC(C)(C#N)CCCCn1nc(N)nc1Br. The molecule has 0 amide bonds. The Morgan fingerprint density at radius 3 is 2.69 bits per heavy atom. The predicted octanol–water partition coefficient (Wildman–Crippen LogP) is 2.34. The number of nitrogens with two attached hydrogens (primary N) is 1. The van der Waals surface area contributed by atoms with Crippen LogP contribution in [0.25, 0.3) is 0 Å². The number of aryl methyl sites for hydroxylation is 1. The second-order valence-corrected chi connectivity index (χ2v) is 5.12. The lowest BCUT2D eigenvalue weighted by Crippen LogP contribution is -2.08. The number of aromatic nitrogens is 3. The Morgan fingerprint density at radius 2 is 2.19 bits per heavy atom. The third kappa shape index (κ3) is 3.81. The molecule has 0 unspecified atom stereocenters. The van der Waals surface area contributed by atoms with E-state index < -0.39 is 0 Å². The molecular formula is C10H16BrN5. The minimum atomic E-state index is -0.237. The summed E-state index contributed by atoms with van der Waals surface area (Å²) >= 11 is 3.28. The van der Waals surface area contributed by atoms with Gasteiger partial charge in [0, 0.05) is 6.54 Å². The number of hydrogen-bond donors (Lipinski definition) is 1. The number of nitrogen functional groups attached to an aromatic ring is 1. The van der Waals surface area contributed by atoms with Gasteiger partial charge < -0.3 is 5.73 Å². The van der Waals surface area contributed by atoms with Crippen molar-refractivity contribution in [2.24, 2.45) is 5.41 Å². The molecule has 2 N–H and O–H groups in total. The average molecular weight is 286 g/mol. The molecule has 0 aliphatic carbocycles. The molecule has 1 aromatic heterocycles. The number of nitriles is 1. The Balaban J connectivity index is 2.32. The smallest absolute Gasteiger partial charge is 0.240 e. The zero-order chi connectivity index (χ0) is 12.2. The van der Waals surface area contributed by atoms with Crippen LogP contribution < -0.4 is 5.73 Å². The van der Waals surface area contributed by atoms with Crippen LogP contribution in [0.4, 0.5) is 5.95 Å². The van der Waals surface area contributed by atoms with E-state index in [1.54, 1.807) is 4.68 Å². The predicted molar refractivity (Wildman–Crippen MR) is 65.4 cm³/mol. The van der Waals surface area contributed by atoms with Crippen LogP contribution in [0.15, 0.2) is 4.73 Å². The first-order chi connectivity index (χ1) is 7.44. The molecule has 16 heavy (non-hydrogen) atoms. The van der Waals surface area contributed by atoms with Crippen molar-refractivity contribution < 1.29 is 0 Å². The van der Waals surface area contributed by atoms with Crippen molar-refractivity contribution in [1.82, 2.24) is 14.8 Å². The molecule has 0 atom stereocenters. The molecule has 1 aromatic rings. The fraction of sp³-hybridized carbons (Fsp3) is 0.700. The number of nitrogens with zero attached hydrogens (tertiary/aromatic N) is 4. The lowest BCUT2D eigenvalue weighted by Gasteiger charge is -2.14. The lowest BCUT2D eigenvalue weighted by molar-refractivity contribution is 0.410. The van der Waals surface area contributed by atoms with E-state index in [1.807, 2.05) is 13.8 Å². The number of rotatable bonds is 5. The maximum absolute atomic E-state index is 8.86. The Labute approximate surface area is 104 Å². The molecule has 0 saturated carbocycles. The van der Waals surface area contributed by atoms with E-state index in [1.165, 1.54) is 0 Å². The van der Waals surface area contributed by atoms with E-state index in [4.69, 9.17) is 11.0 Å². The van der Waals surface area contributed by atoms with Gasteiger partial charge in [-0.1, -0.05) is 6.42 Å². The minimum absolute atomic E-state index is 0.237. The highest BCUT2D eigenvalue weighted by molar-refractivity contribution is 9.10. The third-order valence-corrected chi connectivity index (χ3v) is 2.95. The summed E-state index contributed by atoms with van der Waals surface area (Å²) in [6.07, 6.45) is 2.85. The fourth-order valence-corrected chi connectivity index (χ4v) is 1.80. The fourth-order valence-electron chi connectivity index (χ4n) is 1.37. The molecule has 0 aromatic carbocycles. The van der Waals surface area contributed by atoms with Gasteiger partial charge in [0.2, 0.25) is 5.95 Å². The maximum Gasteiger partial charge on any atom is 0.240 e. The van der Waals surface area contributed by atoms with E-state index in [0.717, 1.165) is 25.8 Å². The summed E-state index contributed by atoms with van der Waals surface area (Å²) in [5.41, 5.74) is 5.22. The highest BCUT2D eigenvalue weighted by Crippen LogP contribution is 2.22. The van der Waals surface area contributed by atoms with Crippen LogP contribution >= 0.6 is 15.9 Å². The van der Waals surface area contributed by atoms with Crippen molar-refractivity contribution >= 4 is 21.9 Å². The minimum Gasteiger partial charge on any atom is -0.366 e. The summed E-state index contributed by atoms with van der Waals surface area (Å²) in [5, 5.41) is 12.9. The van der Waals surface area contributed by atoms with Crippen molar-refractivity contribution in [2.75, 3.05) is 5.73 Å². The molecule has 0 radical (unpaired) electrons. The van der Waals surface area contributed by atoms with Gasteiger partial charge in [-0.15, -0.1) is 5.10 Å². The van der Waals surface area contributed by atoms with Crippen molar-refractivity contribution in [1.29, 1.82) is 5.26 Å². The van der Waals surface area contributed by atoms with Crippen LogP contribution in [-0.4, -0.2) is 14.8 Å². The molecular weight excluding hydrogens is 270 g/mol. The van der Waals surface area contributed by atoms with Crippen molar-refractivity contribution in [2.45, 2.75) is 39.7 Å². The number of halogens is 1. The zero-order valence-electron chi connectivity index (χ0n) is 9.57. The van der Waals surface area contributed by atoms with E-state index in [2.05, 4.69) is 32.1 Å². The van der Waals surface area contributed by atoms with Crippen LogP contribution in [0, 0.1) is 16.7 Å². The zero-order valence-corrected chi connectivity index (χ0v) is 11.2. The molecule has 1 rings (SSSR count). The Hall–Kier alpha value is -1.09. The third-order valence-electron chi connectivity index (χ3n) is 2.37. The number of hydrogen-bond acceptors (Lipinski definition) is 4. The van der Waals surface area contributed by atoms with Crippen molar-refractivity contribution in [3.63, 3.8) is 0 Å². The summed E-state index contributed by atoms with van der Waals surface area (Å²) in [5.74, 6) is 0.282. The van der Waals surface area contributed by atoms with Gasteiger partial charge in [0.05, 0.1) is 11.5 Å². The van der Waals surface area contributed by atoms with Crippen LogP contribution in [0.1, 0.15) is 33.1 Å². The highest BCUT2D eigenvalue weighted by atomic mass is 79.9. The maximum atomic E-state index is 8.86. The number of anilines is 1. The topological polar surface area (TPSA) is 80.5 Å². The normalized spacial score (nSPS) is 11.4. The standard InChI is InChI=1S/C10H16BrN5/c1-10(2,7-12)5-3-4-6-16-8(11)14-9(13)15-16/h3-6H2,1-2H3,(H2,13,15). The van der Waals surface area contributed by atoms with Crippen molar-refractivity contribution in [3.8, 4) is 6.07 Å². The second-order valence-electron chi connectivity index (χ2n) is 4.41. The molecule has 88 valence electrons. The molecule has 0 saturated heterocycles. The van der Waals surface area contributed by atoms with Gasteiger partial charge in [0.15, 0.2) is 4.73 Å². The van der Waals surface area contributed by atoms with Gasteiger partial charge in [0.25, 0.3) is 0 Å². The van der Waals surface area contributed by atoms with Gasteiger partial charge in [-0.25, -0.2) is 4.68 Å². The molecule has 0 aliphatic heterocycles. The first-order valence-corrected chi connectivity index (χ1v) is 6.01. The Morgan fingerprint density at radius 1 is 1.50 bits per heavy atom. The highest BCUT2D eigenvalue weighted by Gasteiger charge is 2.15. The molecule has 6 heteroatoms. The van der Waals surface area contributed by atoms with Gasteiger partial charge in [-0.05, 0) is 42.6 Å². The quantitative estimate of drug-likeness (QED) is 0.842. The van der Waals surface area contributed by atoms with Crippen LogP contribution in [0.5, 0.6) is 0 Å². The van der Waals surface area contributed by atoms with Gasteiger partial charge in [-0.3, -0.25) is 0 Å². The van der Waals surface area contributed by atoms with Crippen LogP contribution in [-0.2, 0) is 6.54 Å². The average Bonchev–Trinajstić information content (AvgIpc) is 2.52. The first-order valence-electron chi connectivity index (χ1n) is 5.22.